The van der Waals surface area contributed by atoms with Crippen molar-refractivity contribution in [3.8, 4) is 11.5 Å². The quantitative estimate of drug-likeness (QED) is 0.698. The molecule has 0 aliphatic carbocycles. The summed E-state index contributed by atoms with van der Waals surface area (Å²) in [6.45, 7) is 12.1. The summed E-state index contributed by atoms with van der Waals surface area (Å²) in [5.74, 6) is 1.36. The van der Waals surface area contributed by atoms with Gasteiger partial charge in [-0.15, -0.1) is 6.58 Å². The molecule has 0 aromatic heterocycles. The van der Waals surface area contributed by atoms with Gasteiger partial charge >= 0.3 is 0 Å². The van der Waals surface area contributed by atoms with Crippen molar-refractivity contribution >= 4 is 0 Å². The Kier molecular flexibility index (Phi) is 7.56. The lowest BCUT2D eigenvalue weighted by atomic mass is 10.1. The van der Waals surface area contributed by atoms with Gasteiger partial charge in [0.25, 0.3) is 0 Å². The van der Waals surface area contributed by atoms with Crippen LogP contribution < -0.4 is 9.47 Å². The van der Waals surface area contributed by atoms with Gasteiger partial charge in [-0.25, -0.2) is 0 Å². The molecule has 1 unspecified atom stereocenters. The molecule has 1 aromatic carbocycles. The van der Waals surface area contributed by atoms with Crippen LogP contribution in [0.15, 0.2) is 30.9 Å². The number of β-amino-alcohol motifs (C(OH)–C–C–N with tert-alkyl or cyclic N) is 1. The van der Waals surface area contributed by atoms with Crippen LogP contribution in [0.4, 0.5) is 0 Å². The summed E-state index contributed by atoms with van der Waals surface area (Å²) < 4.78 is 11.2. The molecule has 0 radical (unpaired) electrons. The molecule has 0 bridgehead atoms. The minimum Gasteiger partial charge on any atom is -0.493 e. The van der Waals surface area contributed by atoms with E-state index in [1.54, 1.807) is 7.11 Å². The van der Waals surface area contributed by atoms with Gasteiger partial charge in [-0.2, -0.15) is 0 Å². The molecule has 1 heterocycles. The lowest BCUT2D eigenvalue weighted by Gasteiger charge is -2.34. The van der Waals surface area contributed by atoms with Crippen LogP contribution in [0.2, 0.25) is 0 Å². The number of hydrogen-bond acceptors (Lipinski definition) is 5. The van der Waals surface area contributed by atoms with Crippen molar-refractivity contribution in [2.24, 2.45) is 0 Å². The number of aliphatic hydroxyl groups excluding tert-OH is 1. The van der Waals surface area contributed by atoms with Crippen molar-refractivity contribution in [1.29, 1.82) is 0 Å². The molecule has 0 saturated carbocycles. The Hall–Kier alpha value is -1.56. The van der Waals surface area contributed by atoms with Gasteiger partial charge in [0.05, 0.1) is 7.11 Å². The molecule has 1 saturated heterocycles. The molecule has 134 valence electrons. The number of likely N-dealkylation sites (N-methyl/N-ethyl adjacent to an activating group) is 1. The standard InChI is InChI=1S/C19H30N2O3/c1-4-6-16-7-8-18(19(13-16)23-3)24-15-17(22)14-21-11-9-20(5-2)10-12-21/h4,7-8,13,17,22H,1,5-6,9-12,14-15H2,2-3H3. The topological polar surface area (TPSA) is 45.2 Å². The van der Waals surface area contributed by atoms with Crippen molar-refractivity contribution in [1.82, 2.24) is 9.80 Å². The number of piperazine rings is 1. The zero-order chi connectivity index (χ0) is 17.4. The Bertz CT molecular complexity index is 513. The van der Waals surface area contributed by atoms with Crippen LogP contribution in [0, 0.1) is 0 Å². The van der Waals surface area contributed by atoms with Crippen molar-refractivity contribution in [3.63, 3.8) is 0 Å². The van der Waals surface area contributed by atoms with Crippen LogP contribution >= 0.6 is 0 Å². The highest BCUT2D eigenvalue weighted by Crippen LogP contribution is 2.28. The SMILES string of the molecule is C=CCc1ccc(OCC(O)CN2CCN(CC)CC2)c(OC)c1. The van der Waals surface area contributed by atoms with Gasteiger partial charge in [-0.05, 0) is 30.7 Å². The number of aliphatic hydroxyl groups is 1. The van der Waals surface area contributed by atoms with Crippen molar-refractivity contribution in [2.45, 2.75) is 19.4 Å². The minimum absolute atomic E-state index is 0.269. The lowest BCUT2D eigenvalue weighted by molar-refractivity contribution is 0.0464. The molecular weight excluding hydrogens is 304 g/mol. The minimum atomic E-state index is -0.504. The number of rotatable bonds is 9. The van der Waals surface area contributed by atoms with E-state index >= 15 is 0 Å². The number of methoxy groups -OCH3 is 1. The van der Waals surface area contributed by atoms with E-state index in [-0.39, 0.29) is 6.61 Å². The average molecular weight is 334 g/mol. The van der Waals surface area contributed by atoms with E-state index in [1.165, 1.54) is 0 Å². The number of benzene rings is 1. The molecule has 5 heteroatoms. The summed E-state index contributed by atoms with van der Waals surface area (Å²) in [7, 11) is 1.63. The number of nitrogens with zero attached hydrogens (tertiary/aromatic N) is 2. The maximum Gasteiger partial charge on any atom is 0.161 e. The fourth-order valence-electron chi connectivity index (χ4n) is 2.95. The van der Waals surface area contributed by atoms with Crippen molar-refractivity contribution in [2.75, 3.05) is 53.0 Å². The first kappa shape index (κ1) is 18.8. The molecule has 1 fully saturated rings. The number of allylic oxidation sites excluding steroid dienone is 1. The van der Waals surface area contributed by atoms with Crippen LogP contribution in [-0.2, 0) is 6.42 Å². The molecule has 1 aromatic rings. The lowest BCUT2D eigenvalue weighted by Crippen LogP contribution is -2.49. The second-order valence-corrected chi connectivity index (χ2v) is 6.18. The fraction of sp³-hybridized carbons (Fsp3) is 0.579. The summed E-state index contributed by atoms with van der Waals surface area (Å²) in [6, 6.07) is 5.84. The maximum atomic E-state index is 10.3. The third-order valence-corrected chi connectivity index (χ3v) is 4.42. The highest BCUT2D eigenvalue weighted by atomic mass is 16.5. The summed E-state index contributed by atoms with van der Waals surface area (Å²) in [5.41, 5.74) is 1.13. The molecule has 0 amide bonds. The zero-order valence-corrected chi connectivity index (χ0v) is 14.9. The Labute approximate surface area is 145 Å². The van der Waals surface area contributed by atoms with Gasteiger partial charge in [0.1, 0.15) is 12.7 Å². The second kappa shape index (κ2) is 9.67. The predicted octanol–water partition coefficient (Wildman–Crippen LogP) is 1.80. The fourth-order valence-corrected chi connectivity index (χ4v) is 2.95. The summed E-state index contributed by atoms with van der Waals surface area (Å²) in [5, 5.41) is 10.3. The molecule has 1 atom stereocenters. The smallest absolute Gasteiger partial charge is 0.161 e. The Morgan fingerprint density at radius 3 is 2.54 bits per heavy atom. The van der Waals surface area contributed by atoms with Crippen LogP contribution in [-0.4, -0.2) is 74.0 Å². The van der Waals surface area contributed by atoms with E-state index in [9.17, 15) is 5.11 Å². The predicted molar refractivity (Wildman–Crippen MR) is 97.0 cm³/mol. The van der Waals surface area contributed by atoms with E-state index < -0.39 is 6.10 Å². The highest BCUT2D eigenvalue weighted by molar-refractivity contribution is 5.43. The Morgan fingerprint density at radius 2 is 1.92 bits per heavy atom. The second-order valence-electron chi connectivity index (χ2n) is 6.18. The van der Waals surface area contributed by atoms with Gasteiger partial charge in [0, 0.05) is 32.7 Å². The van der Waals surface area contributed by atoms with E-state index in [2.05, 4.69) is 23.3 Å². The molecule has 2 rings (SSSR count). The summed E-state index contributed by atoms with van der Waals surface area (Å²) in [4.78, 5) is 4.72. The van der Waals surface area contributed by atoms with Crippen molar-refractivity contribution in [3.05, 3.63) is 36.4 Å². The molecule has 1 N–H and O–H groups in total. The molecule has 1 aliphatic heterocycles. The van der Waals surface area contributed by atoms with E-state index in [4.69, 9.17) is 9.47 Å². The third-order valence-electron chi connectivity index (χ3n) is 4.42. The average Bonchev–Trinajstić information content (AvgIpc) is 2.61. The van der Waals surface area contributed by atoms with Crippen molar-refractivity contribution < 1.29 is 14.6 Å². The summed E-state index contributed by atoms with van der Waals surface area (Å²) >= 11 is 0. The van der Waals surface area contributed by atoms with E-state index in [1.807, 2.05) is 24.3 Å². The van der Waals surface area contributed by atoms with Gasteiger partial charge in [-0.1, -0.05) is 19.1 Å². The monoisotopic (exact) mass is 334 g/mol. The maximum absolute atomic E-state index is 10.3. The van der Waals surface area contributed by atoms with Crippen LogP contribution in [0.1, 0.15) is 12.5 Å². The van der Waals surface area contributed by atoms with Gasteiger partial charge < -0.3 is 19.5 Å². The number of ether oxygens (including phenoxy) is 2. The molecular formula is C19H30N2O3. The van der Waals surface area contributed by atoms with Crippen LogP contribution in [0.5, 0.6) is 11.5 Å². The zero-order valence-electron chi connectivity index (χ0n) is 14.9. The van der Waals surface area contributed by atoms with Gasteiger partial charge in [0.2, 0.25) is 0 Å². The Morgan fingerprint density at radius 1 is 1.21 bits per heavy atom. The molecule has 1 aliphatic rings. The Balaban J connectivity index is 1.81. The first-order chi connectivity index (χ1) is 11.7. The molecule has 5 nitrogen and oxygen atoms in total. The summed E-state index contributed by atoms with van der Waals surface area (Å²) in [6.07, 6.45) is 2.15. The van der Waals surface area contributed by atoms with Crippen LogP contribution in [0.3, 0.4) is 0 Å². The van der Waals surface area contributed by atoms with Gasteiger partial charge in [0.15, 0.2) is 11.5 Å². The first-order valence-corrected chi connectivity index (χ1v) is 8.69. The third kappa shape index (κ3) is 5.51. The molecule has 24 heavy (non-hydrogen) atoms. The largest absolute Gasteiger partial charge is 0.493 e. The molecule has 0 spiro atoms. The highest BCUT2D eigenvalue weighted by Gasteiger charge is 2.18. The van der Waals surface area contributed by atoms with Gasteiger partial charge in [-0.3, -0.25) is 4.90 Å². The van der Waals surface area contributed by atoms with Crippen LogP contribution in [0.25, 0.3) is 0 Å². The van der Waals surface area contributed by atoms with E-state index in [0.717, 1.165) is 44.7 Å². The van der Waals surface area contributed by atoms with E-state index in [0.29, 0.717) is 18.0 Å². The number of hydrogen-bond donors (Lipinski definition) is 1. The first-order valence-electron chi connectivity index (χ1n) is 8.69. The normalized spacial score (nSPS) is 17.5.